The molecule has 0 bridgehead atoms. The van der Waals surface area contributed by atoms with Crippen molar-refractivity contribution in [3.63, 3.8) is 0 Å². The minimum atomic E-state index is -4.06. The molecule has 170 valence electrons. The molecule has 0 fully saturated rings. The van der Waals surface area contributed by atoms with E-state index in [2.05, 4.69) is 6.92 Å². The number of rotatable bonds is 21. The van der Waals surface area contributed by atoms with E-state index in [0.29, 0.717) is 12.8 Å². The largest absolute Gasteiger partial charge is 0.393 e. The molecular weight excluding hydrogens is 372 g/mol. The molecular formula is C23H48O4S. The van der Waals surface area contributed by atoms with E-state index in [-0.39, 0.29) is 6.42 Å². The number of hydrogen-bond acceptors (Lipinski definition) is 3. The van der Waals surface area contributed by atoms with E-state index in [1.54, 1.807) is 0 Å². The van der Waals surface area contributed by atoms with E-state index in [1.807, 2.05) is 6.92 Å². The zero-order valence-corrected chi connectivity index (χ0v) is 19.5. The first-order chi connectivity index (χ1) is 13.4. The molecule has 5 heteroatoms. The van der Waals surface area contributed by atoms with Crippen molar-refractivity contribution in [3.8, 4) is 0 Å². The van der Waals surface area contributed by atoms with E-state index in [0.717, 1.165) is 25.7 Å². The number of aliphatic hydroxyl groups excluding tert-OH is 1. The SMILES string of the molecule is CCCCCCCCCCCCCCCCCC(CC(O)CCC)S(=O)(=O)O. The average molecular weight is 421 g/mol. The highest BCUT2D eigenvalue weighted by Crippen LogP contribution is 2.19. The van der Waals surface area contributed by atoms with Crippen molar-refractivity contribution in [3.05, 3.63) is 0 Å². The highest BCUT2D eigenvalue weighted by molar-refractivity contribution is 7.86. The van der Waals surface area contributed by atoms with Crippen molar-refractivity contribution in [1.82, 2.24) is 0 Å². The lowest BCUT2D eigenvalue weighted by molar-refractivity contribution is 0.149. The van der Waals surface area contributed by atoms with Gasteiger partial charge in [-0.15, -0.1) is 0 Å². The van der Waals surface area contributed by atoms with Crippen LogP contribution in [0.4, 0.5) is 0 Å². The van der Waals surface area contributed by atoms with Gasteiger partial charge in [-0.2, -0.15) is 8.42 Å². The molecule has 0 saturated heterocycles. The fraction of sp³-hybridized carbons (Fsp3) is 1.00. The molecule has 0 radical (unpaired) electrons. The molecule has 2 atom stereocenters. The Bertz CT molecular complexity index is 422. The second-order valence-electron chi connectivity index (χ2n) is 8.55. The third kappa shape index (κ3) is 17.9. The monoisotopic (exact) mass is 420 g/mol. The Morgan fingerprint density at radius 2 is 1.00 bits per heavy atom. The van der Waals surface area contributed by atoms with Crippen molar-refractivity contribution in [2.75, 3.05) is 0 Å². The predicted octanol–water partition coefficient (Wildman–Crippen LogP) is 7.06. The Hall–Kier alpha value is -0.130. The molecule has 0 aromatic rings. The molecule has 2 unspecified atom stereocenters. The molecule has 0 aromatic heterocycles. The molecule has 4 nitrogen and oxygen atoms in total. The van der Waals surface area contributed by atoms with Gasteiger partial charge in [0.15, 0.2) is 0 Å². The number of aliphatic hydroxyl groups is 1. The van der Waals surface area contributed by atoms with Crippen LogP contribution in [0, 0.1) is 0 Å². The van der Waals surface area contributed by atoms with Crippen LogP contribution < -0.4 is 0 Å². The van der Waals surface area contributed by atoms with Crippen LogP contribution in [-0.2, 0) is 10.1 Å². The summed E-state index contributed by atoms with van der Waals surface area (Å²) >= 11 is 0. The van der Waals surface area contributed by atoms with Gasteiger partial charge in [-0.1, -0.05) is 117 Å². The third-order valence-electron chi connectivity index (χ3n) is 5.71. The van der Waals surface area contributed by atoms with E-state index >= 15 is 0 Å². The zero-order valence-electron chi connectivity index (χ0n) is 18.7. The van der Waals surface area contributed by atoms with Gasteiger partial charge in [-0.25, -0.2) is 0 Å². The molecule has 0 saturated carbocycles. The van der Waals surface area contributed by atoms with Gasteiger partial charge >= 0.3 is 0 Å². The third-order valence-corrected chi connectivity index (χ3v) is 6.98. The van der Waals surface area contributed by atoms with Crippen LogP contribution in [-0.4, -0.2) is 29.4 Å². The molecule has 0 aliphatic rings. The summed E-state index contributed by atoms with van der Waals surface area (Å²) in [6.45, 7) is 4.22. The molecule has 0 heterocycles. The maximum Gasteiger partial charge on any atom is 0.267 e. The van der Waals surface area contributed by atoms with Crippen molar-refractivity contribution in [2.45, 2.75) is 147 Å². The smallest absolute Gasteiger partial charge is 0.267 e. The Balaban J connectivity index is 3.54. The molecule has 2 N–H and O–H groups in total. The fourth-order valence-electron chi connectivity index (χ4n) is 3.89. The molecule has 0 aliphatic carbocycles. The summed E-state index contributed by atoms with van der Waals surface area (Å²) in [6, 6.07) is 0. The summed E-state index contributed by atoms with van der Waals surface area (Å²) in [5.74, 6) is 0. The van der Waals surface area contributed by atoms with Gasteiger partial charge in [0.2, 0.25) is 0 Å². The lowest BCUT2D eigenvalue weighted by Gasteiger charge is -2.17. The highest BCUT2D eigenvalue weighted by atomic mass is 32.2. The highest BCUT2D eigenvalue weighted by Gasteiger charge is 2.25. The summed E-state index contributed by atoms with van der Waals surface area (Å²) in [4.78, 5) is 0. The van der Waals surface area contributed by atoms with Gasteiger partial charge in [-0.05, 0) is 19.3 Å². The number of unbranched alkanes of at least 4 members (excludes halogenated alkanes) is 14. The summed E-state index contributed by atoms with van der Waals surface area (Å²) in [5.41, 5.74) is 0. The molecule has 0 aliphatic heterocycles. The van der Waals surface area contributed by atoms with Crippen molar-refractivity contribution < 1.29 is 18.1 Å². The molecule has 0 spiro atoms. The van der Waals surface area contributed by atoms with Crippen molar-refractivity contribution in [1.29, 1.82) is 0 Å². The molecule has 0 aromatic carbocycles. The zero-order chi connectivity index (χ0) is 21.1. The first-order valence-corrected chi connectivity index (χ1v) is 13.6. The minimum Gasteiger partial charge on any atom is -0.393 e. The van der Waals surface area contributed by atoms with Crippen LogP contribution in [0.3, 0.4) is 0 Å². The summed E-state index contributed by atoms with van der Waals surface area (Å²) in [5, 5.41) is 9.02. The topological polar surface area (TPSA) is 74.6 Å². The quantitative estimate of drug-likeness (QED) is 0.154. The predicted molar refractivity (Wildman–Crippen MR) is 120 cm³/mol. The maximum absolute atomic E-state index is 11.5. The van der Waals surface area contributed by atoms with Crippen LogP contribution >= 0.6 is 0 Å². The number of hydrogen-bond donors (Lipinski definition) is 2. The molecule has 28 heavy (non-hydrogen) atoms. The first-order valence-electron chi connectivity index (χ1n) is 12.1. The van der Waals surface area contributed by atoms with Crippen molar-refractivity contribution >= 4 is 10.1 Å². The van der Waals surface area contributed by atoms with Crippen LogP contribution in [0.15, 0.2) is 0 Å². The van der Waals surface area contributed by atoms with Crippen molar-refractivity contribution in [2.24, 2.45) is 0 Å². The van der Waals surface area contributed by atoms with Gasteiger partial charge in [0, 0.05) is 0 Å². The molecule has 0 rings (SSSR count). The Morgan fingerprint density at radius 1 is 0.607 bits per heavy atom. The Morgan fingerprint density at radius 3 is 1.36 bits per heavy atom. The second kappa shape index (κ2) is 18.9. The summed E-state index contributed by atoms with van der Waals surface area (Å²) < 4.78 is 32.4. The van der Waals surface area contributed by atoms with Gasteiger partial charge in [0.1, 0.15) is 0 Å². The standard InChI is InChI=1S/C23H48O4S/c1-3-5-6-7-8-9-10-11-12-13-14-15-16-17-18-20-23(28(25,26)27)21-22(24)19-4-2/h22-24H,3-21H2,1-2H3,(H,25,26,27). The van der Waals surface area contributed by atoms with Crippen LogP contribution in [0.2, 0.25) is 0 Å². The Labute approximate surface area is 175 Å². The van der Waals surface area contributed by atoms with Gasteiger partial charge in [0.05, 0.1) is 11.4 Å². The normalized spacial score (nSPS) is 14.3. The summed E-state index contributed by atoms with van der Waals surface area (Å²) in [7, 11) is -4.06. The first kappa shape index (κ1) is 27.9. The Kier molecular flexibility index (Phi) is 18.8. The van der Waals surface area contributed by atoms with Crippen LogP contribution in [0.25, 0.3) is 0 Å². The lowest BCUT2D eigenvalue weighted by atomic mass is 10.0. The lowest BCUT2D eigenvalue weighted by Crippen LogP contribution is -2.26. The maximum atomic E-state index is 11.5. The second-order valence-corrected chi connectivity index (χ2v) is 10.3. The van der Waals surface area contributed by atoms with E-state index in [9.17, 15) is 18.1 Å². The minimum absolute atomic E-state index is 0.158. The van der Waals surface area contributed by atoms with E-state index in [4.69, 9.17) is 0 Å². The van der Waals surface area contributed by atoms with Gasteiger partial charge in [0.25, 0.3) is 10.1 Å². The average Bonchev–Trinajstić information content (AvgIpc) is 2.63. The molecule has 0 amide bonds. The van der Waals surface area contributed by atoms with Gasteiger partial charge in [-0.3, -0.25) is 4.55 Å². The van der Waals surface area contributed by atoms with Crippen LogP contribution in [0.1, 0.15) is 136 Å². The van der Waals surface area contributed by atoms with E-state index < -0.39 is 21.5 Å². The summed E-state index contributed by atoms with van der Waals surface area (Å²) in [6.07, 6.45) is 20.5. The fourth-order valence-corrected chi connectivity index (χ4v) is 4.82. The van der Waals surface area contributed by atoms with Gasteiger partial charge < -0.3 is 5.11 Å². The van der Waals surface area contributed by atoms with Crippen LogP contribution in [0.5, 0.6) is 0 Å². The van der Waals surface area contributed by atoms with E-state index in [1.165, 1.54) is 77.0 Å².